The van der Waals surface area contributed by atoms with Gasteiger partial charge in [-0.1, -0.05) is 6.07 Å². The molecule has 2 aromatic heterocycles. The first kappa shape index (κ1) is 13.6. The van der Waals surface area contributed by atoms with E-state index in [-0.39, 0.29) is 12.1 Å². The minimum atomic E-state index is -0.0977. The minimum Gasteiger partial charge on any atom is -0.317 e. The molecule has 0 aliphatic carbocycles. The molecule has 0 radical (unpaired) electrons. The minimum absolute atomic E-state index is 0.0977. The number of anilines is 1. The van der Waals surface area contributed by atoms with Gasteiger partial charge in [-0.05, 0) is 31.9 Å². The zero-order valence-corrected chi connectivity index (χ0v) is 12.3. The van der Waals surface area contributed by atoms with Crippen molar-refractivity contribution in [2.75, 3.05) is 11.9 Å². The molecule has 3 rings (SSSR count). The maximum absolute atomic E-state index is 12.5. The Bertz CT molecular complexity index is 651. The third kappa shape index (κ3) is 2.89. The monoisotopic (exact) mass is 285 g/mol. The van der Waals surface area contributed by atoms with Crippen LogP contribution in [0.4, 0.5) is 10.6 Å². The highest BCUT2D eigenvalue weighted by atomic mass is 16.2. The van der Waals surface area contributed by atoms with Gasteiger partial charge in [0.05, 0.1) is 12.2 Å². The summed E-state index contributed by atoms with van der Waals surface area (Å²) >= 11 is 0. The number of hydrogen-bond donors (Lipinski definition) is 1. The third-order valence-corrected chi connectivity index (χ3v) is 3.75. The van der Waals surface area contributed by atoms with Crippen LogP contribution in [0.2, 0.25) is 0 Å². The third-order valence-electron chi connectivity index (χ3n) is 3.75. The summed E-state index contributed by atoms with van der Waals surface area (Å²) < 4.78 is 1.77. The number of pyridine rings is 1. The summed E-state index contributed by atoms with van der Waals surface area (Å²) in [5, 5.41) is 7.08. The summed E-state index contributed by atoms with van der Waals surface area (Å²) in [5.74, 6) is 0.594. The van der Waals surface area contributed by atoms with E-state index < -0.39 is 0 Å². The highest BCUT2D eigenvalue weighted by Gasteiger charge is 2.30. The summed E-state index contributed by atoms with van der Waals surface area (Å²) in [6, 6.07) is 5.60. The molecule has 1 aliphatic heterocycles. The number of aryl methyl sites for hydroxylation is 2. The van der Waals surface area contributed by atoms with Gasteiger partial charge in [-0.15, -0.1) is 0 Å². The summed E-state index contributed by atoms with van der Waals surface area (Å²) in [6.45, 7) is 2.67. The molecular weight excluding hydrogens is 266 g/mol. The normalized spacial score (nSPS) is 18.0. The van der Waals surface area contributed by atoms with Gasteiger partial charge in [0.1, 0.15) is 5.82 Å². The predicted octanol–water partition coefficient (Wildman–Crippen LogP) is 2.49. The fourth-order valence-corrected chi connectivity index (χ4v) is 2.76. The molecule has 1 atom stereocenters. The van der Waals surface area contributed by atoms with Crippen molar-refractivity contribution in [3.05, 3.63) is 41.9 Å². The topological polar surface area (TPSA) is 63.1 Å². The lowest BCUT2D eigenvalue weighted by molar-refractivity contribution is 0.207. The molecule has 1 aliphatic rings. The Morgan fingerprint density at radius 2 is 2.29 bits per heavy atom. The van der Waals surface area contributed by atoms with Crippen molar-refractivity contribution in [1.82, 2.24) is 19.7 Å². The Kier molecular flexibility index (Phi) is 3.60. The largest absolute Gasteiger partial charge is 0.323 e. The van der Waals surface area contributed by atoms with E-state index in [1.54, 1.807) is 10.7 Å². The summed E-state index contributed by atoms with van der Waals surface area (Å²) in [6.07, 6.45) is 5.79. The number of carbonyl (C=O) groups excluding carboxylic acids is 1. The molecule has 3 heterocycles. The van der Waals surface area contributed by atoms with Crippen LogP contribution < -0.4 is 5.32 Å². The fourth-order valence-electron chi connectivity index (χ4n) is 2.76. The van der Waals surface area contributed by atoms with Gasteiger partial charge in [0.2, 0.25) is 0 Å². The average Bonchev–Trinajstić information content (AvgIpc) is 3.06. The number of carbonyl (C=O) groups is 1. The van der Waals surface area contributed by atoms with Crippen LogP contribution in [0.15, 0.2) is 30.6 Å². The van der Waals surface area contributed by atoms with Crippen molar-refractivity contribution in [3.63, 3.8) is 0 Å². The first-order valence-electron chi connectivity index (χ1n) is 7.13. The fraction of sp³-hybridized carbons (Fsp3) is 0.400. The van der Waals surface area contributed by atoms with E-state index in [1.807, 2.05) is 43.4 Å². The van der Waals surface area contributed by atoms with Gasteiger partial charge in [-0.25, -0.2) is 9.78 Å². The molecular formula is C15H19N5O. The van der Waals surface area contributed by atoms with Gasteiger partial charge in [0.15, 0.2) is 0 Å². The lowest BCUT2D eigenvalue weighted by Crippen LogP contribution is -2.34. The van der Waals surface area contributed by atoms with Crippen LogP contribution >= 0.6 is 0 Å². The van der Waals surface area contributed by atoms with E-state index in [1.165, 1.54) is 0 Å². The van der Waals surface area contributed by atoms with Crippen molar-refractivity contribution in [1.29, 1.82) is 0 Å². The number of amides is 2. The Morgan fingerprint density at radius 3 is 3.00 bits per heavy atom. The van der Waals surface area contributed by atoms with Crippen molar-refractivity contribution in [2.24, 2.45) is 7.05 Å². The van der Waals surface area contributed by atoms with Gasteiger partial charge in [-0.3, -0.25) is 10.00 Å². The van der Waals surface area contributed by atoms with E-state index in [0.29, 0.717) is 5.82 Å². The number of aromatic nitrogens is 3. The van der Waals surface area contributed by atoms with Crippen molar-refractivity contribution in [2.45, 2.75) is 25.8 Å². The Labute approximate surface area is 123 Å². The van der Waals surface area contributed by atoms with E-state index in [4.69, 9.17) is 0 Å². The molecule has 0 saturated carbocycles. The van der Waals surface area contributed by atoms with E-state index in [2.05, 4.69) is 15.4 Å². The predicted molar refractivity (Wildman–Crippen MR) is 79.9 cm³/mol. The van der Waals surface area contributed by atoms with Crippen molar-refractivity contribution in [3.8, 4) is 0 Å². The Morgan fingerprint density at radius 1 is 1.43 bits per heavy atom. The van der Waals surface area contributed by atoms with Gasteiger partial charge in [0, 0.05) is 31.0 Å². The Hall–Kier alpha value is -2.37. The Balaban J connectivity index is 1.74. The standard InChI is InChI=1S/C15H19N5O/c1-11-5-3-7-14(17-11)18-15(21)20-8-4-6-13(20)12-9-16-19(2)10-12/h3,5,7,9-10,13H,4,6,8H2,1-2H3,(H,17,18,21)/t13-/m1/s1. The quantitative estimate of drug-likeness (QED) is 0.922. The average molecular weight is 285 g/mol. The number of likely N-dealkylation sites (tertiary alicyclic amines) is 1. The highest BCUT2D eigenvalue weighted by Crippen LogP contribution is 2.31. The molecule has 0 bridgehead atoms. The summed E-state index contributed by atoms with van der Waals surface area (Å²) in [4.78, 5) is 18.6. The molecule has 6 heteroatoms. The van der Waals surface area contributed by atoms with Crippen molar-refractivity contribution >= 4 is 11.8 Å². The van der Waals surface area contributed by atoms with Crippen LogP contribution in [-0.4, -0.2) is 32.2 Å². The molecule has 2 amide bonds. The molecule has 2 aromatic rings. The van der Waals surface area contributed by atoms with Crippen LogP contribution in [0.1, 0.15) is 30.1 Å². The van der Waals surface area contributed by atoms with Crippen LogP contribution in [0.5, 0.6) is 0 Å². The molecule has 21 heavy (non-hydrogen) atoms. The van der Waals surface area contributed by atoms with E-state index in [9.17, 15) is 4.79 Å². The zero-order chi connectivity index (χ0) is 14.8. The number of nitrogens with one attached hydrogen (secondary N) is 1. The number of nitrogens with zero attached hydrogens (tertiary/aromatic N) is 4. The number of rotatable bonds is 2. The van der Waals surface area contributed by atoms with Crippen LogP contribution in [0.3, 0.4) is 0 Å². The maximum atomic E-state index is 12.5. The lowest BCUT2D eigenvalue weighted by Gasteiger charge is -2.24. The molecule has 1 N–H and O–H groups in total. The molecule has 110 valence electrons. The molecule has 0 aromatic carbocycles. The highest BCUT2D eigenvalue weighted by molar-refractivity contribution is 5.88. The second kappa shape index (κ2) is 5.55. The molecule has 1 fully saturated rings. The second-order valence-corrected chi connectivity index (χ2v) is 5.39. The van der Waals surface area contributed by atoms with Crippen LogP contribution in [0, 0.1) is 6.92 Å². The van der Waals surface area contributed by atoms with Crippen molar-refractivity contribution < 1.29 is 4.79 Å². The SMILES string of the molecule is Cc1cccc(NC(=O)N2CCC[C@@H]2c2cnn(C)c2)n1. The smallest absolute Gasteiger partial charge is 0.317 e. The molecule has 0 spiro atoms. The van der Waals surface area contributed by atoms with Gasteiger partial charge < -0.3 is 4.90 Å². The van der Waals surface area contributed by atoms with E-state index >= 15 is 0 Å². The van der Waals surface area contributed by atoms with Crippen LogP contribution in [-0.2, 0) is 7.05 Å². The maximum Gasteiger partial charge on any atom is 0.323 e. The first-order chi connectivity index (χ1) is 10.1. The molecule has 6 nitrogen and oxygen atoms in total. The second-order valence-electron chi connectivity index (χ2n) is 5.39. The van der Waals surface area contributed by atoms with Crippen LogP contribution in [0.25, 0.3) is 0 Å². The number of urea groups is 1. The summed E-state index contributed by atoms with van der Waals surface area (Å²) in [5.41, 5.74) is 1.97. The number of hydrogen-bond acceptors (Lipinski definition) is 3. The molecule has 1 saturated heterocycles. The molecule has 0 unspecified atom stereocenters. The van der Waals surface area contributed by atoms with Gasteiger partial charge in [-0.2, -0.15) is 5.10 Å². The van der Waals surface area contributed by atoms with Gasteiger partial charge in [0.25, 0.3) is 0 Å². The summed E-state index contributed by atoms with van der Waals surface area (Å²) in [7, 11) is 1.89. The zero-order valence-electron chi connectivity index (χ0n) is 12.3. The lowest BCUT2D eigenvalue weighted by atomic mass is 10.1. The first-order valence-corrected chi connectivity index (χ1v) is 7.13. The van der Waals surface area contributed by atoms with E-state index in [0.717, 1.165) is 30.6 Å². The van der Waals surface area contributed by atoms with Gasteiger partial charge >= 0.3 is 6.03 Å².